The Labute approximate surface area is 140 Å². The van der Waals surface area contributed by atoms with Crippen LogP contribution in [-0.2, 0) is 6.54 Å². The highest BCUT2D eigenvalue weighted by molar-refractivity contribution is 5.86. The van der Waals surface area contributed by atoms with Crippen molar-refractivity contribution in [1.82, 2.24) is 0 Å². The number of fused-ring (bicyclic) bond motifs is 2. The summed E-state index contributed by atoms with van der Waals surface area (Å²) in [4.78, 5) is 11.7. The van der Waals surface area contributed by atoms with Gasteiger partial charge in [0, 0.05) is 34.7 Å². The molecule has 4 rings (SSSR count). The number of rotatable bonds is 2. The van der Waals surface area contributed by atoms with Gasteiger partial charge in [0.05, 0.1) is 5.92 Å². The Hall–Kier alpha value is -2.62. The van der Waals surface area contributed by atoms with Crippen molar-refractivity contribution in [2.45, 2.75) is 33.2 Å². The highest BCUT2D eigenvalue weighted by atomic mass is 16.5. The third-order valence-corrected chi connectivity index (χ3v) is 4.81. The Morgan fingerprint density at radius 1 is 1.17 bits per heavy atom. The van der Waals surface area contributed by atoms with Crippen LogP contribution in [0.3, 0.4) is 0 Å². The third kappa shape index (κ3) is 2.39. The van der Waals surface area contributed by atoms with E-state index in [9.17, 15) is 4.79 Å². The molecule has 0 saturated carbocycles. The molecule has 3 aromatic rings. The van der Waals surface area contributed by atoms with Gasteiger partial charge in [-0.1, -0.05) is 0 Å². The standard InChI is InChI=1S/C20H20NO3/c1-12-4-6-21(7-5-12)10-15-11-23-19-14(3)20-16(9-17(15)19)13(2)8-18(22)24-20/h4-9,15H,10-11H2,1-3H3/q+1. The van der Waals surface area contributed by atoms with Crippen molar-refractivity contribution >= 4 is 11.0 Å². The summed E-state index contributed by atoms with van der Waals surface area (Å²) in [7, 11) is 0. The van der Waals surface area contributed by atoms with Crippen LogP contribution < -0.4 is 14.9 Å². The van der Waals surface area contributed by atoms with Gasteiger partial charge in [0.2, 0.25) is 0 Å². The Morgan fingerprint density at radius 3 is 2.67 bits per heavy atom. The van der Waals surface area contributed by atoms with E-state index in [0.29, 0.717) is 18.1 Å². The first-order valence-corrected chi connectivity index (χ1v) is 8.19. The Bertz CT molecular complexity index is 986. The molecule has 0 aliphatic carbocycles. The third-order valence-electron chi connectivity index (χ3n) is 4.81. The maximum absolute atomic E-state index is 11.7. The summed E-state index contributed by atoms with van der Waals surface area (Å²) in [6.45, 7) is 7.52. The first-order valence-electron chi connectivity index (χ1n) is 8.19. The van der Waals surface area contributed by atoms with Gasteiger partial charge in [-0.2, -0.15) is 0 Å². The van der Waals surface area contributed by atoms with Crippen LogP contribution in [0.15, 0.2) is 45.9 Å². The van der Waals surface area contributed by atoms with Gasteiger partial charge in [0.15, 0.2) is 18.9 Å². The van der Waals surface area contributed by atoms with Crippen molar-refractivity contribution in [2.24, 2.45) is 0 Å². The lowest BCUT2D eigenvalue weighted by Gasteiger charge is -2.10. The van der Waals surface area contributed by atoms with E-state index in [1.807, 2.05) is 13.8 Å². The minimum atomic E-state index is -0.312. The molecule has 1 aliphatic heterocycles. The second-order valence-electron chi connectivity index (χ2n) is 6.63. The molecule has 3 heterocycles. The van der Waals surface area contributed by atoms with Gasteiger partial charge in [-0.15, -0.1) is 0 Å². The molecule has 0 saturated heterocycles. The monoisotopic (exact) mass is 322 g/mol. The fraction of sp³-hybridized carbons (Fsp3) is 0.300. The zero-order chi connectivity index (χ0) is 16.8. The summed E-state index contributed by atoms with van der Waals surface area (Å²) >= 11 is 0. The van der Waals surface area contributed by atoms with Gasteiger partial charge in [0.1, 0.15) is 17.9 Å². The topological polar surface area (TPSA) is 43.3 Å². The zero-order valence-corrected chi connectivity index (χ0v) is 14.1. The van der Waals surface area contributed by atoms with E-state index >= 15 is 0 Å². The van der Waals surface area contributed by atoms with Crippen LogP contribution in [-0.4, -0.2) is 6.61 Å². The predicted molar refractivity (Wildman–Crippen MR) is 91.6 cm³/mol. The highest BCUT2D eigenvalue weighted by Gasteiger charge is 2.30. The Balaban J connectivity index is 1.80. The maximum atomic E-state index is 11.7. The number of pyridine rings is 1. The summed E-state index contributed by atoms with van der Waals surface area (Å²) < 4.78 is 13.6. The largest absolute Gasteiger partial charge is 0.492 e. The average Bonchev–Trinajstić information content (AvgIpc) is 2.94. The van der Waals surface area contributed by atoms with Crippen molar-refractivity contribution in [1.29, 1.82) is 0 Å². The second kappa shape index (κ2) is 5.48. The summed E-state index contributed by atoms with van der Waals surface area (Å²) in [6.07, 6.45) is 4.21. The van der Waals surface area contributed by atoms with Crippen molar-refractivity contribution in [3.63, 3.8) is 0 Å². The van der Waals surface area contributed by atoms with E-state index in [-0.39, 0.29) is 5.63 Å². The number of benzene rings is 1. The predicted octanol–water partition coefficient (Wildman–Crippen LogP) is 3.18. The van der Waals surface area contributed by atoms with Crippen LogP contribution in [0.25, 0.3) is 11.0 Å². The zero-order valence-electron chi connectivity index (χ0n) is 14.1. The molecule has 0 radical (unpaired) electrons. The minimum Gasteiger partial charge on any atom is -0.492 e. The van der Waals surface area contributed by atoms with E-state index < -0.39 is 0 Å². The average molecular weight is 322 g/mol. The van der Waals surface area contributed by atoms with Gasteiger partial charge in [-0.25, -0.2) is 9.36 Å². The number of hydrogen-bond donors (Lipinski definition) is 0. The van der Waals surface area contributed by atoms with Gasteiger partial charge in [0.25, 0.3) is 0 Å². The van der Waals surface area contributed by atoms with Crippen molar-refractivity contribution in [3.05, 3.63) is 69.3 Å². The van der Waals surface area contributed by atoms with Crippen LogP contribution in [0.4, 0.5) is 0 Å². The lowest BCUT2D eigenvalue weighted by atomic mass is 9.95. The number of ether oxygens (including phenoxy) is 1. The Morgan fingerprint density at radius 2 is 1.92 bits per heavy atom. The highest BCUT2D eigenvalue weighted by Crippen LogP contribution is 2.41. The van der Waals surface area contributed by atoms with E-state index in [1.165, 1.54) is 11.1 Å². The molecule has 0 amide bonds. The van der Waals surface area contributed by atoms with Gasteiger partial charge >= 0.3 is 5.63 Å². The smallest absolute Gasteiger partial charge is 0.336 e. The van der Waals surface area contributed by atoms with E-state index in [2.05, 4.69) is 42.1 Å². The van der Waals surface area contributed by atoms with Crippen LogP contribution >= 0.6 is 0 Å². The molecule has 1 aliphatic rings. The SMILES string of the molecule is Cc1cc[n+](CC2COc3c2cc2c(C)cc(=O)oc2c3C)cc1. The molecule has 1 unspecified atom stereocenters. The molecule has 0 N–H and O–H groups in total. The molecular formula is C20H20NO3+. The van der Waals surface area contributed by atoms with Crippen LogP contribution in [0.2, 0.25) is 0 Å². The van der Waals surface area contributed by atoms with Crippen molar-refractivity contribution in [2.75, 3.05) is 6.61 Å². The first kappa shape index (κ1) is 14.9. The lowest BCUT2D eigenvalue weighted by Crippen LogP contribution is -2.36. The summed E-state index contributed by atoms with van der Waals surface area (Å²) in [6, 6.07) is 7.90. The number of aryl methyl sites for hydroxylation is 3. The van der Waals surface area contributed by atoms with Crippen LogP contribution in [0.5, 0.6) is 5.75 Å². The minimum absolute atomic E-state index is 0.294. The van der Waals surface area contributed by atoms with Crippen molar-refractivity contribution < 1.29 is 13.7 Å². The molecule has 4 heteroatoms. The van der Waals surface area contributed by atoms with Crippen molar-refractivity contribution in [3.8, 4) is 5.75 Å². The number of aromatic nitrogens is 1. The molecule has 0 bridgehead atoms. The Kier molecular flexibility index (Phi) is 3.41. The molecule has 1 atom stereocenters. The first-order chi connectivity index (χ1) is 11.5. The van der Waals surface area contributed by atoms with E-state index in [0.717, 1.165) is 28.8 Å². The molecular weight excluding hydrogens is 302 g/mol. The normalized spacial score (nSPS) is 16.2. The summed E-state index contributed by atoms with van der Waals surface area (Å²) in [5, 5.41) is 0.996. The number of nitrogens with zero attached hydrogens (tertiary/aromatic N) is 1. The summed E-state index contributed by atoms with van der Waals surface area (Å²) in [5.74, 6) is 1.16. The fourth-order valence-corrected chi connectivity index (χ4v) is 3.44. The molecule has 0 fully saturated rings. The molecule has 0 spiro atoms. The maximum Gasteiger partial charge on any atom is 0.336 e. The summed E-state index contributed by atoms with van der Waals surface area (Å²) in [5.41, 5.74) is 4.64. The van der Waals surface area contributed by atoms with Gasteiger partial charge in [-0.05, 0) is 38.0 Å². The second-order valence-corrected chi connectivity index (χ2v) is 6.63. The van der Waals surface area contributed by atoms with Crippen LogP contribution in [0.1, 0.15) is 28.2 Å². The van der Waals surface area contributed by atoms with E-state index in [4.69, 9.17) is 9.15 Å². The van der Waals surface area contributed by atoms with Crippen LogP contribution in [0, 0.1) is 20.8 Å². The van der Waals surface area contributed by atoms with Gasteiger partial charge in [-0.3, -0.25) is 0 Å². The molecule has 2 aromatic heterocycles. The number of hydrogen-bond acceptors (Lipinski definition) is 3. The fourth-order valence-electron chi connectivity index (χ4n) is 3.44. The molecule has 24 heavy (non-hydrogen) atoms. The molecule has 1 aromatic carbocycles. The van der Waals surface area contributed by atoms with Gasteiger partial charge < -0.3 is 9.15 Å². The lowest BCUT2D eigenvalue weighted by molar-refractivity contribution is -0.699. The quantitative estimate of drug-likeness (QED) is 0.537. The molecule has 122 valence electrons. The molecule has 4 nitrogen and oxygen atoms in total. The van der Waals surface area contributed by atoms with E-state index in [1.54, 1.807) is 6.07 Å².